The molecule has 0 bridgehead atoms. The van der Waals surface area contributed by atoms with E-state index in [1.807, 2.05) is 38.1 Å². The van der Waals surface area contributed by atoms with E-state index < -0.39 is 23.8 Å². The van der Waals surface area contributed by atoms with E-state index in [-0.39, 0.29) is 30.7 Å². The van der Waals surface area contributed by atoms with E-state index in [9.17, 15) is 19.2 Å². The number of alkyl halides is 1. The number of nitrogens with one attached hydrogen (secondary N) is 2. The Morgan fingerprint density at radius 3 is 2.45 bits per heavy atom. The van der Waals surface area contributed by atoms with E-state index >= 15 is 0 Å². The third-order valence-electron chi connectivity index (χ3n) is 4.79. The highest BCUT2D eigenvalue weighted by Gasteiger charge is 2.31. The first-order valence-electron chi connectivity index (χ1n) is 9.94. The number of aromatic amines is 1. The number of primary amides is 1. The number of halogens is 1. The molecular weight excluding hydrogens is 422 g/mol. The number of benzene rings is 1. The highest BCUT2D eigenvalue weighted by Crippen LogP contribution is 2.18. The maximum Gasteiger partial charge on any atom is 0.270 e. The monoisotopic (exact) mass is 449 g/mol. The fourth-order valence-corrected chi connectivity index (χ4v) is 3.30. The van der Waals surface area contributed by atoms with Crippen LogP contribution in [0.1, 0.15) is 37.2 Å². The molecular formula is C21H28ClN5O4. The number of amides is 4. The van der Waals surface area contributed by atoms with Crippen LogP contribution in [0.5, 0.6) is 0 Å². The standard InChI is InChI=1S/C21H28ClN5O4/c1-13(2)10-17(20(30)25-27(19(29)12-22)9-8-18(23)28)26(3)21(31)16-11-14-6-4-5-7-15(14)24-16/h4-7,11,13,17,24H,8-10,12H2,1-3H3,(H2,23,28)(H,25,30). The molecule has 31 heavy (non-hydrogen) atoms. The quantitative estimate of drug-likeness (QED) is 0.397. The SMILES string of the molecule is CC(C)CC(C(=O)NN(CCC(N)=O)C(=O)CCl)N(C)C(=O)c1cc2ccccc2[nH]1. The molecule has 0 aliphatic rings. The zero-order valence-electron chi connectivity index (χ0n) is 17.9. The van der Waals surface area contributed by atoms with Crippen LogP contribution in [0.2, 0.25) is 0 Å². The van der Waals surface area contributed by atoms with Crippen LogP contribution in [0.25, 0.3) is 10.9 Å². The first kappa shape index (κ1) is 24.2. The second kappa shape index (κ2) is 10.8. The Bertz CT molecular complexity index is 925. The highest BCUT2D eigenvalue weighted by molar-refractivity contribution is 6.27. The maximum absolute atomic E-state index is 13.1. The van der Waals surface area contributed by atoms with Crippen LogP contribution in [0.4, 0.5) is 0 Å². The molecule has 4 N–H and O–H groups in total. The molecule has 10 heteroatoms. The predicted octanol–water partition coefficient (Wildman–Crippen LogP) is 1.63. The first-order chi connectivity index (χ1) is 14.6. The van der Waals surface area contributed by atoms with Crippen LogP contribution >= 0.6 is 11.6 Å². The van der Waals surface area contributed by atoms with E-state index in [0.717, 1.165) is 15.9 Å². The number of nitrogens with two attached hydrogens (primary N) is 1. The molecule has 1 unspecified atom stereocenters. The Balaban J connectivity index is 2.23. The number of likely N-dealkylation sites (N-methyl/N-ethyl adjacent to an activating group) is 1. The zero-order chi connectivity index (χ0) is 23.1. The number of hydrogen-bond acceptors (Lipinski definition) is 4. The predicted molar refractivity (Wildman–Crippen MR) is 118 cm³/mol. The largest absolute Gasteiger partial charge is 0.370 e. The summed E-state index contributed by atoms with van der Waals surface area (Å²) in [6, 6.07) is 8.36. The van der Waals surface area contributed by atoms with E-state index in [0.29, 0.717) is 12.1 Å². The molecule has 4 amide bonds. The van der Waals surface area contributed by atoms with Gasteiger partial charge in [-0.15, -0.1) is 11.6 Å². The van der Waals surface area contributed by atoms with Gasteiger partial charge in [-0.05, 0) is 24.5 Å². The number of hydrogen-bond donors (Lipinski definition) is 3. The van der Waals surface area contributed by atoms with E-state index in [4.69, 9.17) is 17.3 Å². The molecule has 2 rings (SSSR count). The smallest absolute Gasteiger partial charge is 0.270 e. The molecule has 1 aromatic heterocycles. The lowest BCUT2D eigenvalue weighted by atomic mass is 10.0. The minimum atomic E-state index is -0.849. The molecule has 0 saturated heterocycles. The van der Waals surface area contributed by atoms with Gasteiger partial charge in [0.2, 0.25) is 5.91 Å². The molecule has 0 spiro atoms. The summed E-state index contributed by atoms with van der Waals surface area (Å²) in [7, 11) is 1.54. The van der Waals surface area contributed by atoms with Gasteiger partial charge in [-0.2, -0.15) is 0 Å². The summed E-state index contributed by atoms with van der Waals surface area (Å²) in [6.07, 6.45) is 0.231. The maximum atomic E-state index is 13.1. The van der Waals surface area contributed by atoms with Crippen LogP contribution in [-0.2, 0) is 14.4 Å². The molecule has 1 atom stereocenters. The van der Waals surface area contributed by atoms with Crippen molar-refractivity contribution in [2.45, 2.75) is 32.7 Å². The summed E-state index contributed by atoms with van der Waals surface area (Å²) >= 11 is 5.61. The van der Waals surface area contributed by atoms with Gasteiger partial charge in [0.1, 0.15) is 17.6 Å². The first-order valence-corrected chi connectivity index (χ1v) is 10.5. The Hall–Kier alpha value is -3.07. The number of fused-ring (bicyclic) bond motifs is 1. The number of carbonyl (C=O) groups is 4. The van der Waals surface area contributed by atoms with Gasteiger partial charge >= 0.3 is 0 Å². The van der Waals surface area contributed by atoms with Crippen LogP contribution in [-0.4, -0.2) is 64.0 Å². The Kier molecular flexibility index (Phi) is 8.44. The van der Waals surface area contributed by atoms with E-state index in [1.165, 1.54) is 11.9 Å². The van der Waals surface area contributed by atoms with Gasteiger partial charge in [-0.1, -0.05) is 32.0 Å². The number of para-hydroxylation sites is 1. The fraction of sp³-hybridized carbons (Fsp3) is 0.429. The summed E-state index contributed by atoms with van der Waals surface area (Å²) in [4.78, 5) is 53.7. The van der Waals surface area contributed by atoms with Gasteiger partial charge < -0.3 is 15.6 Å². The van der Waals surface area contributed by atoms with Crippen LogP contribution in [0, 0.1) is 5.92 Å². The van der Waals surface area contributed by atoms with Crippen molar-refractivity contribution >= 4 is 46.1 Å². The van der Waals surface area contributed by atoms with Gasteiger partial charge in [-0.3, -0.25) is 29.6 Å². The number of hydrazine groups is 1. The Morgan fingerprint density at radius 1 is 1.19 bits per heavy atom. The molecule has 0 radical (unpaired) electrons. The lowest BCUT2D eigenvalue weighted by Gasteiger charge is -2.31. The van der Waals surface area contributed by atoms with Crippen molar-refractivity contribution < 1.29 is 19.2 Å². The molecule has 0 fully saturated rings. The Labute approximate surface area is 185 Å². The molecule has 1 heterocycles. The summed E-state index contributed by atoms with van der Waals surface area (Å²) < 4.78 is 0. The van der Waals surface area contributed by atoms with Crippen LogP contribution in [0.3, 0.4) is 0 Å². The third kappa shape index (κ3) is 6.45. The van der Waals surface area contributed by atoms with Crippen molar-refractivity contribution in [3.8, 4) is 0 Å². The number of H-pyrrole nitrogens is 1. The van der Waals surface area contributed by atoms with Crippen LogP contribution < -0.4 is 11.2 Å². The van der Waals surface area contributed by atoms with E-state index in [1.54, 1.807) is 6.07 Å². The van der Waals surface area contributed by atoms with Crippen molar-refractivity contribution in [2.75, 3.05) is 19.5 Å². The normalized spacial score (nSPS) is 11.9. The van der Waals surface area contributed by atoms with Gasteiger partial charge in [0.05, 0.1) is 6.54 Å². The second-order valence-electron chi connectivity index (χ2n) is 7.70. The lowest BCUT2D eigenvalue weighted by molar-refractivity contribution is -0.142. The second-order valence-corrected chi connectivity index (χ2v) is 7.97. The summed E-state index contributed by atoms with van der Waals surface area (Å²) in [5.74, 6) is -2.39. The van der Waals surface area contributed by atoms with Crippen molar-refractivity contribution in [3.63, 3.8) is 0 Å². The Morgan fingerprint density at radius 2 is 1.87 bits per heavy atom. The van der Waals surface area contributed by atoms with E-state index in [2.05, 4.69) is 10.4 Å². The number of nitrogens with zero attached hydrogens (tertiary/aromatic N) is 2. The molecule has 2 aromatic rings. The topological polar surface area (TPSA) is 129 Å². The average Bonchev–Trinajstić information content (AvgIpc) is 3.17. The average molecular weight is 450 g/mol. The lowest BCUT2D eigenvalue weighted by Crippen LogP contribution is -2.55. The highest BCUT2D eigenvalue weighted by atomic mass is 35.5. The minimum Gasteiger partial charge on any atom is -0.370 e. The van der Waals surface area contributed by atoms with Gasteiger partial charge in [0.25, 0.3) is 17.7 Å². The van der Waals surface area contributed by atoms with Gasteiger partial charge in [0.15, 0.2) is 0 Å². The number of rotatable bonds is 9. The third-order valence-corrected chi connectivity index (χ3v) is 5.02. The number of aromatic nitrogens is 1. The molecule has 168 valence electrons. The molecule has 0 saturated carbocycles. The molecule has 1 aromatic carbocycles. The van der Waals surface area contributed by atoms with Gasteiger partial charge in [-0.25, -0.2) is 0 Å². The van der Waals surface area contributed by atoms with Crippen molar-refractivity contribution in [3.05, 3.63) is 36.0 Å². The van der Waals surface area contributed by atoms with Crippen molar-refractivity contribution in [2.24, 2.45) is 11.7 Å². The minimum absolute atomic E-state index is 0.0940. The molecule has 9 nitrogen and oxygen atoms in total. The molecule has 0 aliphatic carbocycles. The van der Waals surface area contributed by atoms with Crippen molar-refractivity contribution in [1.29, 1.82) is 0 Å². The van der Waals surface area contributed by atoms with Gasteiger partial charge in [0, 0.05) is 24.4 Å². The summed E-state index contributed by atoms with van der Waals surface area (Å²) in [5, 5.41) is 1.85. The summed E-state index contributed by atoms with van der Waals surface area (Å²) in [6.45, 7) is 3.74. The zero-order valence-corrected chi connectivity index (χ0v) is 18.6. The fourth-order valence-electron chi connectivity index (χ4n) is 3.15. The van der Waals surface area contributed by atoms with Crippen molar-refractivity contribution in [1.82, 2.24) is 20.3 Å². The van der Waals surface area contributed by atoms with Crippen LogP contribution in [0.15, 0.2) is 30.3 Å². The summed E-state index contributed by atoms with van der Waals surface area (Å²) in [5.41, 5.74) is 8.80. The number of carbonyl (C=O) groups excluding carboxylic acids is 4. The molecule has 0 aliphatic heterocycles.